The van der Waals surface area contributed by atoms with Gasteiger partial charge in [0.25, 0.3) is 0 Å². The third-order valence-electron chi connectivity index (χ3n) is 2.00. The first-order chi connectivity index (χ1) is 6.81. The highest BCUT2D eigenvalue weighted by atomic mass is 19.1. The average molecular weight is 186 g/mol. The maximum atomic E-state index is 12.9. The van der Waals surface area contributed by atoms with E-state index in [1.165, 1.54) is 18.3 Å². The molecular formula is C11H7FN2. The van der Waals surface area contributed by atoms with Crippen LogP contribution in [0.3, 0.4) is 0 Å². The van der Waals surface area contributed by atoms with Gasteiger partial charge in [-0.1, -0.05) is 6.08 Å². The Hall–Kier alpha value is -2.08. The molecular weight excluding hydrogens is 179 g/mol. The summed E-state index contributed by atoms with van der Waals surface area (Å²) in [5.41, 5.74) is 1.70. The van der Waals surface area contributed by atoms with Crippen LogP contribution in [0.25, 0.3) is 21.8 Å². The Morgan fingerprint density at radius 2 is 2.29 bits per heavy atom. The summed E-state index contributed by atoms with van der Waals surface area (Å²) in [6.45, 7) is 6.61. The Morgan fingerprint density at radius 1 is 1.43 bits per heavy atom. The highest BCUT2D eigenvalue weighted by Gasteiger charge is 2.01. The molecule has 68 valence electrons. The van der Waals surface area contributed by atoms with Crippen LogP contribution in [0.4, 0.5) is 4.39 Å². The Morgan fingerprint density at radius 3 is 3.07 bits per heavy atom. The van der Waals surface area contributed by atoms with Crippen LogP contribution < -0.4 is 0 Å². The second kappa shape index (κ2) is 3.35. The zero-order valence-electron chi connectivity index (χ0n) is 7.29. The third-order valence-corrected chi connectivity index (χ3v) is 2.00. The fourth-order valence-corrected chi connectivity index (χ4v) is 1.37. The van der Waals surface area contributed by atoms with Crippen molar-refractivity contribution in [3.63, 3.8) is 0 Å². The molecule has 0 fully saturated rings. The quantitative estimate of drug-likeness (QED) is 0.660. The first-order valence-electron chi connectivity index (χ1n) is 4.11. The maximum Gasteiger partial charge on any atom is 0.154 e. The second-order valence-corrected chi connectivity index (χ2v) is 2.88. The van der Waals surface area contributed by atoms with Gasteiger partial charge in [0.2, 0.25) is 0 Å². The van der Waals surface area contributed by atoms with Crippen LogP contribution in [-0.4, -0.2) is 4.98 Å². The van der Waals surface area contributed by atoms with E-state index in [2.05, 4.69) is 9.83 Å². The zero-order chi connectivity index (χ0) is 9.97. The highest BCUT2D eigenvalue weighted by molar-refractivity contribution is 5.88. The first kappa shape index (κ1) is 8.52. The van der Waals surface area contributed by atoms with Gasteiger partial charge in [-0.25, -0.2) is 9.24 Å². The number of H-pyrrole nitrogens is 1. The van der Waals surface area contributed by atoms with Gasteiger partial charge < -0.3 is 4.98 Å². The summed E-state index contributed by atoms with van der Waals surface area (Å²) in [5, 5.41) is 0.796. The molecule has 0 amide bonds. The molecule has 0 aliphatic heterocycles. The molecule has 0 atom stereocenters. The molecule has 0 unspecified atom stereocenters. The van der Waals surface area contributed by atoms with E-state index in [0.29, 0.717) is 0 Å². The second-order valence-electron chi connectivity index (χ2n) is 2.88. The van der Waals surface area contributed by atoms with Crippen molar-refractivity contribution in [1.82, 2.24) is 4.98 Å². The number of aromatic nitrogens is 1. The van der Waals surface area contributed by atoms with Crippen LogP contribution in [0.5, 0.6) is 0 Å². The fraction of sp³-hybridized carbons (Fsp3) is 0. The molecule has 1 aromatic carbocycles. The minimum Gasteiger partial charge on any atom is -0.361 e. The molecule has 0 aliphatic rings. The van der Waals surface area contributed by atoms with E-state index in [1.54, 1.807) is 18.3 Å². The van der Waals surface area contributed by atoms with Crippen LogP contribution in [0.1, 0.15) is 5.56 Å². The Balaban J connectivity index is 2.62. The number of benzene rings is 1. The van der Waals surface area contributed by atoms with Crippen molar-refractivity contribution in [3.8, 4) is 0 Å². The van der Waals surface area contributed by atoms with Crippen LogP contribution in [0.15, 0.2) is 30.6 Å². The molecule has 0 bridgehead atoms. The molecule has 0 saturated heterocycles. The monoisotopic (exact) mass is 186 g/mol. The van der Waals surface area contributed by atoms with Crippen LogP contribution in [0, 0.1) is 12.4 Å². The lowest BCUT2D eigenvalue weighted by Crippen LogP contribution is -1.73. The SMILES string of the molecule is [C-]#[N+]/C=C\c1c[nH]c2ccc(F)cc12. The zero-order valence-corrected chi connectivity index (χ0v) is 7.29. The van der Waals surface area contributed by atoms with Gasteiger partial charge in [0.05, 0.1) is 6.57 Å². The average Bonchev–Trinajstić information content (AvgIpc) is 2.57. The number of hydrogen-bond acceptors (Lipinski definition) is 0. The number of halogens is 1. The summed E-state index contributed by atoms with van der Waals surface area (Å²) in [6.07, 6.45) is 4.77. The Labute approximate surface area is 80.5 Å². The van der Waals surface area contributed by atoms with E-state index in [1.807, 2.05) is 0 Å². The van der Waals surface area contributed by atoms with E-state index >= 15 is 0 Å². The van der Waals surface area contributed by atoms with Crippen molar-refractivity contribution in [1.29, 1.82) is 0 Å². The van der Waals surface area contributed by atoms with E-state index in [-0.39, 0.29) is 5.82 Å². The van der Waals surface area contributed by atoms with Crippen molar-refractivity contribution in [2.45, 2.75) is 0 Å². The molecule has 1 N–H and O–H groups in total. The largest absolute Gasteiger partial charge is 0.361 e. The molecule has 1 aromatic heterocycles. The standard InChI is InChI=1S/C11H7FN2/c1-13-5-4-8-7-14-11-3-2-9(12)6-10(8)11/h2-7,14H/b5-4-. The van der Waals surface area contributed by atoms with E-state index in [4.69, 9.17) is 6.57 Å². The summed E-state index contributed by atoms with van der Waals surface area (Å²) in [4.78, 5) is 6.11. The molecule has 0 spiro atoms. The lowest BCUT2D eigenvalue weighted by molar-refractivity contribution is 0.629. The number of hydrogen-bond donors (Lipinski definition) is 1. The van der Waals surface area contributed by atoms with Crippen molar-refractivity contribution in [2.75, 3.05) is 0 Å². The minimum atomic E-state index is -0.269. The third kappa shape index (κ3) is 1.38. The van der Waals surface area contributed by atoms with Crippen molar-refractivity contribution < 1.29 is 4.39 Å². The molecule has 2 aromatic rings. The Kier molecular flexibility index (Phi) is 2.04. The molecule has 0 saturated carbocycles. The molecule has 0 aliphatic carbocycles. The maximum absolute atomic E-state index is 12.9. The highest BCUT2D eigenvalue weighted by Crippen LogP contribution is 2.20. The van der Waals surface area contributed by atoms with Gasteiger partial charge in [-0.15, -0.1) is 0 Å². The smallest absolute Gasteiger partial charge is 0.154 e. The van der Waals surface area contributed by atoms with Crippen LogP contribution in [-0.2, 0) is 0 Å². The molecule has 0 radical (unpaired) electrons. The van der Waals surface area contributed by atoms with Gasteiger partial charge in [0, 0.05) is 17.1 Å². The van der Waals surface area contributed by atoms with Gasteiger partial charge in [-0.3, -0.25) is 0 Å². The topological polar surface area (TPSA) is 20.1 Å². The van der Waals surface area contributed by atoms with Crippen molar-refractivity contribution in [2.24, 2.45) is 0 Å². The normalized spacial score (nSPS) is 10.9. The summed E-state index contributed by atoms with van der Waals surface area (Å²) in [5.74, 6) is -0.269. The molecule has 1 heterocycles. The van der Waals surface area contributed by atoms with E-state index < -0.39 is 0 Å². The van der Waals surface area contributed by atoms with Crippen LogP contribution >= 0.6 is 0 Å². The predicted molar refractivity (Wildman–Crippen MR) is 53.9 cm³/mol. The molecule has 2 nitrogen and oxygen atoms in total. The number of nitrogens with one attached hydrogen (secondary N) is 1. The summed E-state index contributed by atoms with van der Waals surface area (Å²) in [6, 6.07) is 4.54. The van der Waals surface area contributed by atoms with Gasteiger partial charge in [-0.05, 0) is 23.8 Å². The van der Waals surface area contributed by atoms with Crippen LogP contribution in [0.2, 0.25) is 0 Å². The number of rotatable bonds is 1. The molecule has 3 heteroatoms. The Bertz CT molecular complexity index is 532. The van der Waals surface area contributed by atoms with E-state index in [0.717, 1.165) is 16.5 Å². The van der Waals surface area contributed by atoms with E-state index in [9.17, 15) is 4.39 Å². The molecule has 2 rings (SSSR count). The van der Waals surface area contributed by atoms with Gasteiger partial charge in [0.1, 0.15) is 5.82 Å². The summed E-state index contributed by atoms with van der Waals surface area (Å²) < 4.78 is 12.9. The van der Waals surface area contributed by atoms with Crippen molar-refractivity contribution >= 4 is 17.0 Å². The fourth-order valence-electron chi connectivity index (χ4n) is 1.37. The van der Waals surface area contributed by atoms with Crippen molar-refractivity contribution in [3.05, 3.63) is 53.4 Å². The lowest BCUT2D eigenvalue weighted by Gasteiger charge is -1.91. The number of nitrogens with zero attached hydrogens (tertiary/aromatic N) is 1. The predicted octanol–water partition coefficient (Wildman–Crippen LogP) is 3.20. The summed E-state index contributed by atoms with van der Waals surface area (Å²) >= 11 is 0. The number of aromatic amines is 1. The molecule has 14 heavy (non-hydrogen) atoms. The van der Waals surface area contributed by atoms with Gasteiger partial charge >= 0.3 is 0 Å². The van der Waals surface area contributed by atoms with Gasteiger partial charge in [-0.2, -0.15) is 0 Å². The summed E-state index contributed by atoms with van der Waals surface area (Å²) in [7, 11) is 0. The number of fused-ring (bicyclic) bond motifs is 1. The minimum absolute atomic E-state index is 0.269. The van der Waals surface area contributed by atoms with Gasteiger partial charge in [0.15, 0.2) is 6.20 Å². The first-order valence-corrected chi connectivity index (χ1v) is 4.11. The lowest BCUT2D eigenvalue weighted by atomic mass is 10.2.